The second-order valence-corrected chi connectivity index (χ2v) is 6.28. The molecule has 2 N–H and O–H groups in total. The van der Waals surface area contributed by atoms with Crippen molar-refractivity contribution in [2.45, 2.75) is 25.9 Å². The number of guanidine groups is 1. The van der Waals surface area contributed by atoms with Crippen LogP contribution in [0.1, 0.15) is 28.8 Å². The number of rotatable bonds is 4. The van der Waals surface area contributed by atoms with Crippen molar-refractivity contribution < 1.29 is 13.9 Å². The Kier molecular flexibility index (Phi) is 5.96. The highest BCUT2D eigenvalue weighted by Crippen LogP contribution is 2.13. The van der Waals surface area contributed by atoms with Crippen molar-refractivity contribution in [1.29, 1.82) is 0 Å². The molecule has 1 amide bonds. The van der Waals surface area contributed by atoms with Crippen LogP contribution in [0.25, 0.3) is 0 Å². The number of hydrogen-bond donors (Lipinski definition) is 2. The second-order valence-electron chi connectivity index (χ2n) is 6.28. The predicted molar refractivity (Wildman–Crippen MR) is 99.9 cm³/mol. The number of nitrogens with zero attached hydrogens (tertiary/aromatic N) is 1. The molecule has 0 saturated carbocycles. The molecule has 2 aromatic carbocycles. The molecule has 3 rings (SSSR count). The Bertz CT molecular complexity index is 784. The molecule has 0 bridgehead atoms. The lowest BCUT2D eigenvalue weighted by Crippen LogP contribution is -2.36. The molecule has 1 aliphatic rings. The van der Waals surface area contributed by atoms with Crippen LogP contribution in [0.4, 0.5) is 10.1 Å². The molecule has 6 heteroatoms. The third-order valence-corrected chi connectivity index (χ3v) is 4.10. The van der Waals surface area contributed by atoms with Crippen molar-refractivity contribution in [2.75, 3.05) is 18.5 Å². The maximum absolute atomic E-state index is 13.0. The van der Waals surface area contributed by atoms with Crippen LogP contribution in [0.2, 0.25) is 0 Å². The minimum absolute atomic E-state index is 0.0760. The van der Waals surface area contributed by atoms with Gasteiger partial charge in [-0.3, -0.25) is 10.1 Å². The lowest BCUT2D eigenvalue weighted by atomic mass is 10.2. The molecule has 0 spiro atoms. The monoisotopic (exact) mass is 355 g/mol. The molecule has 2 aromatic rings. The quantitative estimate of drug-likeness (QED) is 0.652. The summed E-state index contributed by atoms with van der Waals surface area (Å²) in [5.74, 6) is -0.386. The van der Waals surface area contributed by atoms with Gasteiger partial charge >= 0.3 is 0 Å². The third kappa shape index (κ3) is 5.13. The highest BCUT2D eigenvalue weighted by Gasteiger charge is 2.16. The smallest absolute Gasteiger partial charge is 0.257 e. The molecule has 1 unspecified atom stereocenters. The number of aliphatic imine (C=N–C) groups is 1. The molecule has 5 nitrogen and oxygen atoms in total. The second kappa shape index (κ2) is 8.58. The Balaban J connectivity index is 1.73. The van der Waals surface area contributed by atoms with Crippen LogP contribution in [-0.4, -0.2) is 31.1 Å². The standard InChI is InChI=1S/C20H22FN3O2/c1-14-4-2-5-17(12-14)23-20(22-13-18-6-3-11-26-18)24-19(25)15-7-9-16(21)10-8-15/h2,4-5,7-10,12,18H,3,6,11,13H2,1H3,(H2,22,23,24,25). The summed E-state index contributed by atoms with van der Waals surface area (Å²) in [5, 5.41) is 5.91. The molecule has 1 atom stereocenters. The summed E-state index contributed by atoms with van der Waals surface area (Å²) in [6, 6.07) is 13.2. The topological polar surface area (TPSA) is 62.7 Å². The summed E-state index contributed by atoms with van der Waals surface area (Å²) < 4.78 is 18.6. The van der Waals surface area contributed by atoms with E-state index in [1.54, 1.807) is 0 Å². The molecular formula is C20H22FN3O2. The van der Waals surface area contributed by atoms with Crippen molar-refractivity contribution in [3.63, 3.8) is 0 Å². The number of nitrogens with one attached hydrogen (secondary N) is 2. The third-order valence-electron chi connectivity index (χ3n) is 4.10. The van der Waals surface area contributed by atoms with Crippen molar-refractivity contribution in [3.05, 3.63) is 65.5 Å². The number of aryl methyl sites for hydroxylation is 1. The molecule has 136 valence electrons. The van der Waals surface area contributed by atoms with E-state index in [4.69, 9.17) is 4.74 Å². The summed E-state index contributed by atoms with van der Waals surface area (Å²) >= 11 is 0. The molecule has 1 aliphatic heterocycles. The van der Waals surface area contributed by atoms with E-state index in [0.717, 1.165) is 30.7 Å². The summed E-state index contributed by atoms with van der Waals surface area (Å²) in [6.45, 7) is 3.21. The van der Waals surface area contributed by atoms with Gasteiger partial charge in [-0.2, -0.15) is 0 Å². The maximum atomic E-state index is 13.0. The number of carbonyl (C=O) groups excluding carboxylic acids is 1. The molecule has 1 saturated heterocycles. The van der Waals surface area contributed by atoms with Crippen molar-refractivity contribution >= 4 is 17.6 Å². The van der Waals surface area contributed by atoms with Crippen LogP contribution in [0, 0.1) is 12.7 Å². The maximum Gasteiger partial charge on any atom is 0.257 e. The van der Waals surface area contributed by atoms with Gasteiger partial charge < -0.3 is 10.1 Å². The molecule has 1 fully saturated rings. The number of amides is 1. The number of ether oxygens (including phenoxy) is 1. The van der Waals surface area contributed by atoms with Crippen molar-refractivity contribution in [1.82, 2.24) is 5.32 Å². The van der Waals surface area contributed by atoms with E-state index in [2.05, 4.69) is 15.6 Å². The first kappa shape index (κ1) is 18.1. The van der Waals surface area contributed by atoms with Gasteiger partial charge in [0.15, 0.2) is 0 Å². The van der Waals surface area contributed by atoms with Crippen LogP contribution in [-0.2, 0) is 4.74 Å². The van der Waals surface area contributed by atoms with Crippen LogP contribution >= 0.6 is 0 Å². The lowest BCUT2D eigenvalue weighted by molar-refractivity contribution is 0.0975. The van der Waals surface area contributed by atoms with Gasteiger partial charge in [0, 0.05) is 17.9 Å². The van der Waals surface area contributed by atoms with Gasteiger partial charge in [-0.1, -0.05) is 12.1 Å². The van der Waals surface area contributed by atoms with Crippen LogP contribution in [0.15, 0.2) is 53.5 Å². The Morgan fingerprint density at radius 1 is 1.27 bits per heavy atom. The average Bonchev–Trinajstić information content (AvgIpc) is 3.14. The fraction of sp³-hybridized carbons (Fsp3) is 0.300. The van der Waals surface area contributed by atoms with E-state index in [9.17, 15) is 9.18 Å². The number of halogens is 1. The van der Waals surface area contributed by atoms with Gasteiger partial charge in [0.05, 0.1) is 12.6 Å². The van der Waals surface area contributed by atoms with Crippen molar-refractivity contribution in [3.8, 4) is 0 Å². The fourth-order valence-corrected chi connectivity index (χ4v) is 2.73. The molecule has 0 radical (unpaired) electrons. The number of carbonyl (C=O) groups is 1. The fourth-order valence-electron chi connectivity index (χ4n) is 2.73. The molecule has 0 aliphatic carbocycles. The highest BCUT2D eigenvalue weighted by atomic mass is 19.1. The Morgan fingerprint density at radius 3 is 2.77 bits per heavy atom. The summed E-state index contributed by atoms with van der Waals surface area (Å²) in [4.78, 5) is 16.9. The van der Waals surface area contributed by atoms with Crippen LogP contribution in [0.3, 0.4) is 0 Å². The van der Waals surface area contributed by atoms with E-state index in [0.29, 0.717) is 18.1 Å². The van der Waals surface area contributed by atoms with Gasteiger partial charge in [0.2, 0.25) is 5.96 Å². The number of hydrogen-bond acceptors (Lipinski definition) is 3. The van der Waals surface area contributed by atoms with Crippen LogP contribution in [0.5, 0.6) is 0 Å². The molecule has 26 heavy (non-hydrogen) atoms. The Labute approximate surface area is 152 Å². The van der Waals surface area contributed by atoms with Gasteiger partial charge in [-0.15, -0.1) is 0 Å². The lowest BCUT2D eigenvalue weighted by Gasteiger charge is -2.14. The van der Waals surface area contributed by atoms with E-state index >= 15 is 0 Å². The van der Waals surface area contributed by atoms with Gasteiger partial charge in [-0.05, 0) is 61.7 Å². The summed E-state index contributed by atoms with van der Waals surface area (Å²) in [5.41, 5.74) is 2.29. The Hall–Kier alpha value is -2.73. The van der Waals surface area contributed by atoms with Crippen molar-refractivity contribution in [2.24, 2.45) is 4.99 Å². The molecule has 1 heterocycles. The minimum atomic E-state index is -0.383. The number of anilines is 1. The van der Waals surface area contributed by atoms with E-state index in [-0.39, 0.29) is 17.8 Å². The van der Waals surface area contributed by atoms with Gasteiger partial charge in [0.1, 0.15) is 5.82 Å². The number of benzene rings is 2. The van der Waals surface area contributed by atoms with Crippen LogP contribution < -0.4 is 10.6 Å². The molecule has 0 aromatic heterocycles. The van der Waals surface area contributed by atoms with Gasteiger partial charge in [-0.25, -0.2) is 9.38 Å². The zero-order chi connectivity index (χ0) is 18.4. The first-order chi connectivity index (χ1) is 12.6. The SMILES string of the molecule is Cc1cccc(NC(=NCC2CCCO2)NC(=O)c2ccc(F)cc2)c1. The zero-order valence-electron chi connectivity index (χ0n) is 14.7. The van der Waals surface area contributed by atoms with E-state index < -0.39 is 0 Å². The van der Waals surface area contributed by atoms with Gasteiger partial charge in [0.25, 0.3) is 5.91 Å². The summed E-state index contributed by atoms with van der Waals surface area (Å²) in [6.07, 6.45) is 2.07. The average molecular weight is 355 g/mol. The normalized spacial score (nSPS) is 17.2. The first-order valence-corrected chi connectivity index (χ1v) is 8.67. The summed E-state index contributed by atoms with van der Waals surface area (Å²) in [7, 11) is 0. The largest absolute Gasteiger partial charge is 0.376 e. The first-order valence-electron chi connectivity index (χ1n) is 8.67. The Morgan fingerprint density at radius 2 is 2.08 bits per heavy atom. The predicted octanol–water partition coefficient (Wildman–Crippen LogP) is 3.51. The minimum Gasteiger partial charge on any atom is -0.376 e. The van der Waals surface area contributed by atoms with E-state index in [1.165, 1.54) is 24.3 Å². The highest BCUT2D eigenvalue weighted by molar-refractivity contribution is 6.09. The van der Waals surface area contributed by atoms with E-state index in [1.807, 2.05) is 31.2 Å². The molecular weight excluding hydrogens is 333 g/mol. The zero-order valence-corrected chi connectivity index (χ0v) is 14.7.